The molecule has 0 amide bonds. The van der Waals surface area contributed by atoms with E-state index in [-0.39, 0.29) is 11.5 Å². The largest absolute Gasteiger partial charge is 0.339 e. The van der Waals surface area contributed by atoms with Crippen LogP contribution in [0.5, 0.6) is 0 Å². The maximum Gasteiger partial charge on any atom is 0.234 e. The molecule has 2 unspecified atom stereocenters. The van der Waals surface area contributed by atoms with Gasteiger partial charge in [-0.2, -0.15) is 16.7 Å². The first-order valence-electron chi connectivity index (χ1n) is 7.39. The summed E-state index contributed by atoms with van der Waals surface area (Å²) >= 11 is 1.98. The molecule has 2 atom stereocenters. The Hall–Kier alpha value is -0.550. The van der Waals surface area contributed by atoms with Gasteiger partial charge in [-0.05, 0) is 32.6 Å². The molecule has 1 aromatic heterocycles. The summed E-state index contributed by atoms with van der Waals surface area (Å²) in [6.07, 6.45) is 8.73. The van der Waals surface area contributed by atoms with Gasteiger partial charge in [-0.1, -0.05) is 24.4 Å². The highest BCUT2D eigenvalue weighted by Gasteiger charge is 2.42. The minimum absolute atomic E-state index is 0.108. The predicted molar refractivity (Wildman–Crippen MR) is 77.0 cm³/mol. The fourth-order valence-electron chi connectivity index (χ4n) is 3.25. The van der Waals surface area contributed by atoms with E-state index in [9.17, 15) is 0 Å². The van der Waals surface area contributed by atoms with Gasteiger partial charge in [0.25, 0.3) is 0 Å². The Morgan fingerprint density at radius 1 is 1.32 bits per heavy atom. The summed E-state index contributed by atoms with van der Waals surface area (Å²) in [5.41, 5.74) is 6.09. The van der Waals surface area contributed by atoms with Gasteiger partial charge in [0, 0.05) is 11.3 Å². The molecule has 106 valence electrons. The molecule has 2 aliphatic carbocycles. The quantitative estimate of drug-likeness (QED) is 0.919. The second-order valence-electron chi connectivity index (χ2n) is 6.15. The van der Waals surface area contributed by atoms with Crippen LogP contribution in [0.15, 0.2) is 4.52 Å². The highest BCUT2D eigenvalue weighted by Crippen LogP contribution is 2.39. The van der Waals surface area contributed by atoms with Crippen LogP contribution in [0.4, 0.5) is 0 Å². The third-order valence-electron chi connectivity index (χ3n) is 4.74. The van der Waals surface area contributed by atoms with E-state index in [1.165, 1.54) is 25.7 Å². The summed E-state index contributed by atoms with van der Waals surface area (Å²) in [7, 11) is 0. The van der Waals surface area contributed by atoms with E-state index in [1.807, 2.05) is 11.8 Å². The van der Waals surface area contributed by atoms with E-state index in [2.05, 4.69) is 17.1 Å². The first-order valence-corrected chi connectivity index (χ1v) is 8.43. The summed E-state index contributed by atoms with van der Waals surface area (Å²) in [5, 5.41) is 4.94. The molecule has 1 heterocycles. The van der Waals surface area contributed by atoms with Crippen LogP contribution in [0.2, 0.25) is 0 Å². The SMILES string of the molecule is CC1(c2nc(CSC3CCCC3)no2)CCCC1N. The van der Waals surface area contributed by atoms with E-state index in [4.69, 9.17) is 10.3 Å². The highest BCUT2D eigenvalue weighted by molar-refractivity contribution is 7.99. The van der Waals surface area contributed by atoms with Gasteiger partial charge in [0.2, 0.25) is 5.89 Å². The number of hydrogen-bond acceptors (Lipinski definition) is 5. The first kappa shape index (κ1) is 13.4. The zero-order chi connectivity index (χ0) is 13.3. The Morgan fingerprint density at radius 2 is 2.11 bits per heavy atom. The van der Waals surface area contributed by atoms with Crippen molar-refractivity contribution in [3.8, 4) is 0 Å². The van der Waals surface area contributed by atoms with Gasteiger partial charge in [-0.15, -0.1) is 0 Å². The van der Waals surface area contributed by atoms with Crippen molar-refractivity contribution in [1.82, 2.24) is 10.1 Å². The monoisotopic (exact) mass is 281 g/mol. The minimum Gasteiger partial charge on any atom is -0.339 e. The molecule has 0 saturated heterocycles. The summed E-state index contributed by atoms with van der Waals surface area (Å²) in [4.78, 5) is 4.60. The molecule has 2 N–H and O–H groups in total. The van der Waals surface area contributed by atoms with Crippen LogP contribution in [-0.2, 0) is 11.2 Å². The second kappa shape index (κ2) is 5.44. The van der Waals surface area contributed by atoms with Crippen LogP contribution < -0.4 is 5.73 Å². The molecule has 2 aliphatic rings. The lowest BCUT2D eigenvalue weighted by Gasteiger charge is -2.23. The molecule has 5 heteroatoms. The standard InChI is InChI=1S/C14H23N3OS/c1-14(8-4-7-11(14)15)13-16-12(17-18-13)9-19-10-5-2-3-6-10/h10-11H,2-9,15H2,1H3. The van der Waals surface area contributed by atoms with Crippen molar-refractivity contribution in [2.45, 2.75) is 74.3 Å². The van der Waals surface area contributed by atoms with Gasteiger partial charge in [0.1, 0.15) is 0 Å². The van der Waals surface area contributed by atoms with Crippen molar-refractivity contribution >= 4 is 11.8 Å². The smallest absolute Gasteiger partial charge is 0.234 e. The summed E-state index contributed by atoms with van der Waals surface area (Å²) < 4.78 is 5.48. The lowest BCUT2D eigenvalue weighted by Crippen LogP contribution is -2.38. The molecule has 0 radical (unpaired) electrons. The van der Waals surface area contributed by atoms with Crippen molar-refractivity contribution < 1.29 is 4.52 Å². The van der Waals surface area contributed by atoms with E-state index in [0.717, 1.165) is 42.0 Å². The zero-order valence-corrected chi connectivity index (χ0v) is 12.4. The molecule has 3 rings (SSSR count). The average Bonchev–Trinajstić information content (AvgIpc) is 3.10. The Kier molecular flexibility index (Phi) is 3.85. The molecule has 2 saturated carbocycles. The molecule has 4 nitrogen and oxygen atoms in total. The topological polar surface area (TPSA) is 64.9 Å². The number of hydrogen-bond donors (Lipinski definition) is 1. The van der Waals surface area contributed by atoms with Gasteiger partial charge in [0.05, 0.1) is 11.2 Å². The highest BCUT2D eigenvalue weighted by atomic mass is 32.2. The van der Waals surface area contributed by atoms with Gasteiger partial charge >= 0.3 is 0 Å². The van der Waals surface area contributed by atoms with Gasteiger partial charge < -0.3 is 10.3 Å². The van der Waals surface area contributed by atoms with Crippen molar-refractivity contribution in [2.75, 3.05) is 0 Å². The van der Waals surface area contributed by atoms with Gasteiger partial charge in [-0.25, -0.2) is 0 Å². The van der Waals surface area contributed by atoms with Crippen LogP contribution in [0.1, 0.15) is 63.6 Å². The number of aromatic nitrogens is 2. The Morgan fingerprint density at radius 3 is 2.79 bits per heavy atom. The third-order valence-corrected chi connectivity index (χ3v) is 6.10. The molecule has 2 fully saturated rings. The molecule has 0 bridgehead atoms. The van der Waals surface area contributed by atoms with Crippen molar-refractivity contribution in [1.29, 1.82) is 0 Å². The lowest BCUT2D eigenvalue weighted by atomic mass is 9.85. The minimum atomic E-state index is -0.108. The Bertz CT molecular complexity index is 430. The van der Waals surface area contributed by atoms with Crippen LogP contribution in [0.25, 0.3) is 0 Å². The van der Waals surface area contributed by atoms with Crippen molar-refractivity contribution in [2.24, 2.45) is 5.73 Å². The van der Waals surface area contributed by atoms with Crippen LogP contribution >= 0.6 is 11.8 Å². The second-order valence-corrected chi connectivity index (χ2v) is 7.44. The molecule has 1 aromatic rings. The van der Waals surface area contributed by atoms with E-state index in [0.29, 0.717) is 0 Å². The van der Waals surface area contributed by atoms with Gasteiger partial charge in [0.15, 0.2) is 5.82 Å². The summed E-state index contributed by atoms with van der Waals surface area (Å²) in [6, 6.07) is 0.156. The molecule has 19 heavy (non-hydrogen) atoms. The van der Waals surface area contributed by atoms with Crippen molar-refractivity contribution in [3.63, 3.8) is 0 Å². The maximum absolute atomic E-state index is 6.20. The number of nitrogens with two attached hydrogens (primary N) is 1. The Labute approximate surface area is 118 Å². The number of thioether (sulfide) groups is 1. The molecule has 0 aliphatic heterocycles. The molecular formula is C14H23N3OS. The van der Waals surface area contributed by atoms with E-state index in [1.54, 1.807) is 0 Å². The van der Waals surface area contributed by atoms with Crippen molar-refractivity contribution in [3.05, 3.63) is 11.7 Å². The molecule has 0 spiro atoms. The number of rotatable bonds is 4. The summed E-state index contributed by atoms with van der Waals surface area (Å²) in [5.74, 6) is 2.46. The van der Waals surface area contributed by atoms with E-state index < -0.39 is 0 Å². The lowest BCUT2D eigenvalue weighted by molar-refractivity contribution is 0.277. The fraction of sp³-hybridized carbons (Fsp3) is 0.857. The summed E-state index contributed by atoms with van der Waals surface area (Å²) in [6.45, 7) is 2.16. The number of nitrogens with zero attached hydrogens (tertiary/aromatic N) is 2. The Balaban J connectivity index is 1.62. The fourth-order valence-corrected chi connectivity index (χ4v) is 4.42. The normalized spacial score (nSPS) is 32.2. The van der Waals surface area contributed by atoms with Crippen LogP contribution in [0, 0.1) is 0 Å². The van der Waals surface area contributed by atoms with Crippen LogP contribution in [0.3, 0.4) is 0 Å². The van der Waals surface area contributed by atoms with Crippen LogP contribution in [-0.4, -0.2) is 21.4 Å². The maximum atomic E-state index is 6.20. The molecule has 0 aromatic carbocycles. The predicted octanol–water partition coefficient (Wildman–Crippen LogP) is 3.01. The third kappa shape index (κ3) is 2.68. The van der Waals surface area contributed by atoms with Gasteiger partial charge in [-0.3, -0.25) is 0 Å². The molecular weight excluding hydrogens is 258 g/mol. The average molecular weight is 281 g/mol. The zero-order valence-electron chi connectivity index (χ0n) is 11.6. The van der Waals surface area contributed by atoms with E-state index >= 15 is 0 Å². The first-order chi connectivity index (χ1) is 9.18.